The number of carbonyl (C=O) groups is 2. The SMILES string of the molecule is COc1cc(OC2C(C)(C)C(NC(=O)c3ccc(N4C[C@@H](C)C(CN5CCC(n6nc(N7CCCc8cc(C#N)c(C(F)F)cc87)c7c6CCN(C(C)=O)C7)CC5)[C@@H](C)C4)cc3)C2(C)C)ccc1C#N. The van der Waals surface area contributed by atoms with Gasteiger partial charge in [-0.25, -0.2) is 8.78 Å². The average Bonchev–Trinajstić information content (AvgIpc) is 3.73. The summed E-state index contributed by atoms with van der Waals surface area (Å²) in [5.41, 5.74) is 4.91. The van der Waals surface area contributed by atoms with Crippen LogP contribution in [0, 0.1) is 51.2 Å². The van der Waals surface area contributed by atoms with E-state index in [0.717, 1.165) is 80.3 Å². The number of nitriles is 2. The maximum atomic E-state index is 14.2. The van der Waals surface area contributed by atoms with Crippen molar-refractivity contribution in [2.75, 3.05) is 62.7 Å². The largest absolute Gasteiger partial charge is 0.495 e. The summed E-state index contributed by atoms with van der Waals surface area (Å²) in [4.78, 5) is 35.4. The van der Waals surface area contributed by atoms with Crippen LogP contribution < -0.4 is 24.6 Å². The lowest BCUT2D eigenvalue weighted by atomic mass is 9.49. The zero-order valence-electron chi connectivity index (χ0n) is 41.9. The molecule has 3 aromatic carbocycles. The first-order valence-corrected chi connectivity index (χ1v) is 25.0. The number of amides is 2. The van der Waals surface area contributed by atoms with Crippen LogP contribution >= 0.6 is 0 Å². The molecule has 1 unspecified atom stereocenters. The summed E-state index contributed by atoms with van der Waals surface area (Å²) < 4.78 is 42.5. The molecule has 1 aliphatic carbocycles. The van der Waals surface area contributed by atoms with Crippen LogP contribution in [0.1, 0.15) is 124 Å². The first-order valence-electron chi connectivity index (χ1n) is 25.0. The fourth-order valence-electron chi connectivity index (χ4n) is 13.0. The van der Waals surface area contributed by atoms with Crippen molar-refractivity contribution in [1.82, 2.24) is 24.9 Å². The second-order valence-corrected chi connectivity index (χ2v) is 21.7. The van der Waals surface area contributed by atoms with E-state index in [-0.39, 0.29) is 52.0 Å². The Morgan fingerprint density at radius 3 is 2.21 bits per heavy atom. The summed E-state index contributed by atoms with van der Waals surface area (Å²) in [6, 6.07) is 20.5. The molecule has 0 bridgehead atoms. The lowest BCUT2D eigenvalue weighted by molar-refractivity contribution is -0.164. The molecule has 3 fully saturated rings. The molecule has 1 N–H and O–H groups in total. The first-order chi connectivity index (χ1) is 33.4. The number of aryl methyl sites for hydroxylation is 1. The standard InChI is InChI=1S/C55H67F2N9O4/c1-33-29-64(40-14-11-36(12-15-40)51(68)60-52-54(4,5)53(55(52,6)7)70-42-16-13-38(27-58)48(25-42)69-8)30-34(2)44(33)31-62-21-17-41(18-22-62)66-46-19-23-63(35(3)67)32-45(46)50(61-66)65-20-9-10-37-24-39(28-59)43(49(56)57)26-47(37)65/h11-16,24-26,33-34,41,44,49,52-53H,9-10,17-23,29-32H2,1-8H3,(H,60,68)/t33-,34+,44?,52?,53?. The van der Waals surface area contributed by atoms with Gasteiger partial charge in [-0.1, -0.05) is 41.5 Å². The molecule has 0 radical (unpaired) electrons. The van der Waals surface area contributed by atoms with Crippen molar-refractivity contribution in [3.63, 3.8) is 0 Å². The lowest BCUT2D eigenvalue weighted by Crippen LogP contribution is -2.74. The van der Waals surface area contributed by atoms with Gasteiger partial charge in [0.15, 0.2) is 5.82 Å². The van der Waals surface area contributed by atoms with Crippen LogP contribution in [0.2, 0.25) is 0 Å². The van der Waals surface area contributed by atoms with Crippen LogP contribution in [0.15, 0.2) is 54.6 Å². The minimum atomic E-state index is -2.77. The predicted octanol–water partition coefficient (Wildman–Crippen LogP) is 9.22. The summed E-state index contributed by atoms with van der Waals surface area (Å²) in [6.45, 7) is 21.3. The van der Waals surface area contributed by atoms with Gasteiger partial charge in [0, 0.05) is 116 Å². The minimum Gasteiger partial charge on any atom is -0.495 e. The molecule has 9 rings (SSSR count). The highest BCUT2D eigenvalue weighted by Crippen LogP contribution is 2.56. The van der Waals surface area contributed by atoms with Crippen molar-refractivity contribution in [2.24, 2.45) is 28.6 Å². The Kier molecular flexibility index (Phi) is 13.4. The number of fused-ring (bicyclic) bond motifs is 2. The Labute approximate surface area is 411 Å². The Bertz CT molecular complexity index is 2690. The third-order valence-electron chi connectivity index (χ3n) is 16.5. The maximum Gasteiger partial charge on any atom is 0.265 e. The van der Waals surface area contributed by atoms with Gasteiger partial charge in [0.2, 0.25) is 5.91 Å². The average molecular weight is 956 g/mol. The van der Waals surface area contributed by atoms with Crippen molar-refractivity contribution in [3.05, 3.63) is 93.7 Å². The number of ether oxygens (including phenoxy) is 2. The van der Waals surface area contributed by atoms with Gasteiger partial charge in [0.25, 0.3) is 12.3 Å². The number of piperidine rings is 2. The molecular formula is C55H67F2N9O4. The highest BCUT2D eigenvalue weighted by atomic mass is 19.3. The normalized spacial score (nSPS) is 24.2. The number of hydrogen-bond acceptors (Lipinski definition) is 10. The number of carbonyl (C=O) groups excluding carboxylic acids is 2. The maximum absolute atomic E-state index is 14.2. The topological polar surface area (TPSA) is 143 Å². The monoisotopic (exact) mass is 956 g/mol. The molecule has 1 saturated carbocycles. The van der Waals surface area contributed by atoms with Gasteiger partial charge >= 0.3 is 0 Å². The van der Waals surface area contributed by atoms with Gasteiger partial charge in [0.1, 0.15) is 23.7 Å². The number of aromatic nitrogens is 2. The highest BCUT2D eigenvalue weighted by Gasteiger charge is 2.64. The third kappa shape index (κ3) is 8.95. The number of methoxy groups -OCH3 is 1. The minimum absolute atomic E-state index is 0.00614. The van der Waals surface area contributed by atoms with Crippen molar-refractivity contribution < 1.29 is 27.8 Å². The van der Waals surface area contributed by atoms with E-state index >= 15 is 0 Å². The van der Waals surface area contributed by atoms with E-state index in [4.69, 9.17) is 14.6 Å². The van der Waals surface area contributed by atoms with E-state index < -0.39 is 6.43 Å². The van der Waals surface area contributed by atoms with E-state index in [1.54, 1.807) is 31.2 Å². The Morgan fingerprint density at radius 2 is 1.59 bits per heavy atom. The summed E-state index contributed by atoms with van der Waals surface area (Å²) in [7, 11) is 1.54. The fraction of sp³-hybridized carbons (Fsp3) is 0.545. The molecule has 70 heavy (non-hydrogen) atoms. The number of alkyl halides is 2. The van der Waals surface area contributed by atoms with Gasteiger partial charge in [-0.3, -0.25) is 14.3 Å². The number of nitrogens with one attached hydrogen (secondary N) is 1. The van der Waals surface area contributed by atoms with Gasteiger partial charge in [-0.15, -0.1) is 0 Å². The number of anilines is 3. The molecule has 370 valence electrons. The van der Waals surface area contributed by atoms with Gasteiger partial charge in [0.05, 0.1) is 36.9 Å². The zero-order chi connectivity index (χ0) is 49.8. The lowest BCUT2D eigenvalue weighted by Gasteiger charge is -2.63. The zero-order valence-corrected chi connectivity index (χ0v) is 41.9. The molecule has 5 aliphatic rings. The van der Waals surface area contributed by atoms with Gasteiger partial charge in [-0.2, -0.15) is 15.6 Å². The van der Waals surface area contributed by atoms with E-state index in [1.165, 1.54) is 13.2 Å². The van der Waals surface area contributed by atoms with Crippen LogP contribution in [-0.4, -0.2) is 96.5 Å². The van der Waals surface area contributed by atoms with Crippen molar-refractivity contribution in [2.45, 2.75) is 112 Å². The Hall–Kier alpha value is -6.19. The second kappa shape index (κ2) is 19.2. The van der Waals surface area contributed by atoms with E-state index in [9.17, 15) is 28.9 Å². The van der Waals surface area contributed by atoms with Crippen LogP contribution in [-0.2, 0) is 24.2 Å². The Morgan fingerprint density at radius 1 is 0.900 bits per heavy atom. The number of hydrogen-bond donors (Lipinski definition) is 1. The summed E-state index contributed by atoms with van der Waals surface area (Å²) in [5, 5.41) is 27.7. The van der Waals surface area contributed by atoms with Crippen molar-refractivity contribution in [3.8, 4) is 23.6 Å². The fourth-order valence-corrected chi connectivity index (χ4v) is 13.0. The number of nitrogens with zero attached hydrogens (tertiary/aromatic N) is 8. The number of likely N-dealkylation sites (tertiary alicyclic amines) is 1. The van der Waals surface area contributed by atoms with E-state index in [0.29, 0.717) is 78.5 Å². The van der Waals surface area contributed by atoms with E-state index in [1.807, 2.05) is 23.1 Å². The van der Waals surface area contributed by atoms with Crippen LogP contribution in [0.25, 0.3) is 0 Å². The number of rotatable bonds is 11. The predicted molar refractivity (Wildman–Crippen MR) is 265 cm³/mol. The third-order valence-corrected chi connectivity index (χ3v) is 16.5. The van der Waals surface area contributed by atoms with Crippen molar-refractivity contribution >= 4 is 29.0 Å². The molecule has 13 nitrogen and oxygen atoms in total. The second-order valence-electron chi connectivity index (χ2n) is 21.7. The summed E-state index contributed by atoms with van der Waals surface area (Å²) >= 11 is 0. The molecule has 4 aliphatic heterocycles. The van der Waals surface area contributed by atoms with Gasteiger partial charge in [-0.05, 0) is 97.5 Å². The molecule has 2 saturated heterocycles. The first kappa shape index (κ1) is 48.8. The van der Waals surface area contributed by atoms with Gasteiger partial charge < -0.3 is 34.4 Å². The molecule has 15 heteroatoms. The van der Waals surface area contributed by atoms with Crippen LogP contribution in [0.5, 0.6) is 11.5 Å². The molecule has 5 heterocycles. The highest BCUT2D eigenvalue weighted by molar-refractivity contribution is 5.95. The smallest absolute Gasteiger partial charge is 0.265 e. The van der Waals surface area contributed by atoms with Crippen LogP contribution in [0.4, 0.5) is 26.0 Å². The molecule has 2 amide bonds. The van der Waals surface area contributed by atoms with Crippen molar-refractivity contribution in [1.29, 1.82) is 10.5 Å². The molecule has 4 aromatic rings. The van der Waals surface area contributed by atoms with Crippen LogP contribution in [0.3, 0.4) is 0 Å². The summed E-state index contributed by atoms with van der Waals surface area (Å²) in [5.74, 6) is 3.17. The number of halogens is 2. The molecule has 1 aromatic heterocycles. The quantitative estimate of drug-likeness (QED) is 0.155. The van der Waals surface area contributed by atoms with E-state index in [2.05, 4.69) is 84.4 Å². The molecule has 0 spiro atoms. The molecular weight excluding hydrogens is 889 g/mol. The molecule has 3 atom stereocenters. The summed E-state index contributed by atoms with van der Waals surface area (Å²) in [6.07, 6.45) is 1.14. The Balaban J connectivity index is 0.811. The number of benzene rings is 3.